The summed E-state index contributed by atoms with van der Waals surface area (Å²) in [6.45, 7) is 5.36. The molecule has 1 aromatic heterocycles. The summed E-state index contributed by atoms with van der Waals surface area (Å²) in [5.74, 6) is 0.724. The van der Waals surface area contributed by atoms with E-state index in [0.717, 1.165) is 38.4 Å². The Morgan fingerprint density at radius 1 is 1.03 bits per heavy atom. The Balaban J connectivity index is 1.05. The number of benzene rings is 3. The fourth-order valence-corrected chi connectivity index (χ4v) is 6.05. The van der Waals surface area contributed by atoms with Gasteiger partial charge in [-0.3, -0.25) is 14.5 Å². The van der Waals surface area contributed by atoms with Crippen molar-refractivity contribution >= 4 is 39.4 Å². The zero-order valence-corrected chi connectivity index (χ0v) is 21.9. The van der Waals surface area contributed by atoms with E-state index in [0.29, 0.717) is 49.6 Å². The van der Waals surface area contributed by atoms with Gasteiger partial charge in [0.15, 0.2) is 5.78 Å². The molecule has 3 aromatic carbocycles. The maximum absolute atomic E-state index is 12.7. The maximum Gasteiger partial charge on any atom is 0.228 e. The van der Waals surface area contributed by atoms with Crippen LogP contribution in [0.15, 0.2) is 60.7 Å². The summed E-state index contributed by atoms with van der Waals surface area (Å²) in [6, 6.07) is 18.9. The van der Waals surface area contributed by atoms with Crippen LogP contribution in [-0.4, -0.2) is 77.6 Å². The van der Waals surface area contributed by atoms with Crippen LogP contribution in [0.4, 0.5) is 5.69 Å². The lowest BCUT2D eigenvalue weighted by Gasteiger charge is -2.39. The molecular formula is C29H28N4O4S. The minimum Gasteiger partial charge on any atom is -0.491 e. The standard InChI is InChI=1S/C29H28N4O4S/c1-19-30-27-15-22(7-9-28(27)38-19)37-17-21(35)16-31-10-12-32(13-11-31)33(18-34)20-6-8-25-26(14-20)23-4-2-3-5-24(23)29(25)36/h2-9,14-15,18,21,35H,10-13,16-17H2,1H3/t21-/m1/s1. The number of aromatic nitrogens is 1. The average molecular weight is 529 g/mol. The van der Waals surface area contributed by atoms with E-state index in [1.807, 2.05) is 72.6 Å². The van der Waals surface area contributed by atoms with Gasteiger partial charge in [0.1, 0.15) is 18.5 Å². The zero-order valence-electron chi connectivity index (χ0n) is 21.0. The van der Waals surface area contributed by atoms with Crippen molar-refractivity contribution < 1.29 is 19.4 Å². The number of ether oxygens (including phenoxy) is 1. The molecule has 0 bridgehead atoms. The first kappa shape index (κ1) is 24.7. The first-order valence-corrected chi connectivity index (χ1v) is 13.5. The van der Waals surface area contributed by atoms with Crippen LogP contribution < -0.4 is 9.75 Å². The molecule has 1 saturated heterocycles. The number of nitrogens with zero attached hydrogens (tertiary/aromatic N) is 4. The van der Waals surface area contributed by atoms with Crippen molar-refractivity contribution in [3.05, 3.63) is 76.8 Å². The summed E-state index contributed by atoms with van der Waals surface area (Å²) in [5.41, 5.74) is 4.78. The molecule has 38 heavy (non-hydrogen) atoms. The highest BCUT2D eigenvalue weighted by Crippen LogP contribution is 2.38. The van der Waals surface area contributed by atoms with Crippen molar-refractivity contribution in [2.75, 3.05) is 44.3 Å². The lowest BCUT2D eigenvalue weighted by molar-refractivity contribution is -0.110. The minimum atomic E-state index is -0.633. The summed E-state index contributed by atoms with van der Waals surface area (Å²) in [7, 11) is 0. The van der Waals surface area contributed by atoms with Gasteiger partial charge in [-0.25, -0.2) is 15.0 Å². The van der Waals surface area contributed by atoms with Crippen molar-refractivity contribution in [2.24, 2.45) is 0 Å². The number of aliphatic hydroxyl groups excluding tert-OH is 1. The number of amides is 1. The predicted octanol–water partition coefficient (Wildman–Crippen LogP) is 3.75. The predicted molar refractivity (Wildman–Crippen MR) is 148 cm³/mol. The van der Waals surface area contributed by atoms with Gasteiger partial charge < -0.3 is 9.84 Å². The van der Waals surface area contributed by atoms with E-state index in [2.05, 4.69) is 9.88 Å². The Bertz CT molecular complexity index is 1510. The second-order valence-electron chi connectivity index (χ2n) is 9.64. The van der Waals surface area contributed by atoms with Crippen LogP contribution in [0.2, 0.25) is 0 Å². The van der Waals surface area contributed by atoms with E-state index in [1.165, 1.54) is 0 Å². The Kier molecular flexibility index (Phi) is 6.67. The number of rotatable bonds is 8. The van der Waals surface area contributed by atoms with Crippen LogP contribution in [0.25, 0.3) is 21.3 Å². The van der Waals surface area contributed by atoms with E-state index < -0.39 is 6.10 Å². The molecule has 8 nitrogen and oxygen atoms in total. The molecule has 1 aliphatic heterocycles. The molecule has 2 aliphatic rings. The maximum atomic E-state index is 12.7. The third-order valence-electron chi connectivity index (χ3n) is 7.10. The van der Waals surface area contributed by atoms with E-state index in [4.69, 9.17) is 4.74 Å². The molecule has 1 atom stereocenters. The molecule has 0 unspecified atom stereocenters. The number of β-amino-alcohol motifs (C(OH)–C–C–N with tert-alkyl or cyclic N) is 1. The second-order valence-corrected chi connectivity index (χ2v) is 10.9. The van der Waals surface area contributed by atoms with Crippen LogP contribution in [0, 0.1) is 6.92 Å². The quantitative estimate of drug-likeness (QED) is 0.307. The highest BCUT2D eigenvalue weighted by atomic mass is 32.1. The van der Waals surface area contributed by atoms with Gasteiger partial charge in [0.05, 0.1) is 20.9 Å². The summed E-state index contributed by atoms with van der Waals surface area (Å²) in [6.07, 6.45) is 0.189. The number of ketones is 1. The van der Waals surface area contributed by atoms with E-state index in [-0.39, 0.29) is 12.4 Å². The van der Waals surface area contributed by atoms with Crippen LogP contribution >= 0.6 is 11.3 Å². The lowest BCUT2D eigenvalue weighted by Crippen LogP contribution is -2.55. The molecule has 9 heteroatoms. The number of aryl methyl sites for hydroxylation is 1. The minimum absolute atomic E-state index is 0.0229. The fraction of sp³-hybridized carbons (Fsp3) is 0.276. The number of hydrazine groups is 1. The molecule has 0 saturated carbocycles. The molecule has 1 N–H and O–H groups in total. The number of piperazine rings is 1. The Morgan fingerprint density at radius 2 is 1.79 bits per heavy atom. The molecule has 0 spiro atoms. The Morgan fingerprint density at radius 3 is 2.58 bits per heavy atom. The van der Waals surface area contributed by atoms with E-state index in [1.54, 1.807) is 16.3 Å². The molecule has 4 aromatic rings. The van der Waals surface area contributed by atoms with Gasteiger partial charge >= 0.3 is 0 Å². The first-order valence-electron chi connectivity index (χ1n) is 12.7. The van der Waals surface area contributed by atoms with Crippen molar-refractivity contribution in [1.29, 1.82) is 0 Å². The van der Waals surface area contributed by atoms with Gasteiger partial charge in [0, 0.05) is 49.9 Å². The van der Waals surface area contributed by atoms with Crippen LogP contribution in [0.5, 0.6) is 5.75 Å². The summed E-state index contributed by atoms with van der Waals surface area (Å²) in [4.78, 5) is 31.5. The molecule has 1 fully saturated rings. The number of carbonyl (C=O) groups is 2. The van der Waals surface area contributed by atoms with Gasteiger partial charge in [0.2, 0.25) is 6.41 Å². The Hall–Kier alpha value is -3.63. The first-order chi connectivity index (χ1) is 18.5. The van der Waals surface area contributed by atoms with Crippen molar-refractivity contribution in [3.63, 3.8) is 0 Å². The highest BCUT2D eigenvalue weighted by Gasteiger charge is 2.29. The molecule has 1 amide bonds. The van der Waals surface area contributed by atoms with E-state index >= 15 is 0 Å². The van der Waals surface area contributed by atoms with E-state index in [9.17, 15) is 14.7 Å². The van der Waals surface area contributed by atoms with Crippen LogP contribution in [0.1, 0.15) is 20.9 Å². The van der Waals surface area contributed by atoms with Gasteiger partial charge in [-0.1, -0.05) is 24.3 Å². The zero-order chi connectivity index (χ0) is 26.2. The van der Waals surface area contributed by atoms with Gasteiger partial charge in [-0.2, -0.15) is 0 Å². The summed E-state index contributed by atoms with van der Waals surface area (Å²) < 4.78 is 6.95. The van der Waals surface area contributed by atoms with Crippen molar-refractivity contribution in [2.45, 2.75) is 13.0 Å². The van der Waals surface area contributed by atoms with Gasteiger partial charge in [-0.05, 0) is 48.4 Å². The number of hydrogen-bond acceptors (Lipinski definition) is 8. The number of fused-ring (bicyclic) bond motifs is 4. The topological polar surface area (TPSA) is 86.2 Å². The number of hydrogen-bond donors (Lipinski definition) is 1. The van der Waals surface area contributed by atoms with Crippen molar-refractivity contribution in [3.8, 4) is 16.9 Å². The van der Waals surface area contributed by atoms with Crippen molar-refractivity contribution in [1.82, 2.24) is 14.9 Å². The molecule has 2 heterocycles. The molecule has 1 aliphatic carbocycles. The number of carbonyl (C=O) groups excluding carboxylic acids is 2. The molecule has 0 radical (unpaired) electrons. The largest absolute Gasteiger partial charge is 0.491 e. The summed E-state index contributed by atoms with van der Waals surface area (Å²) in [5, 5.41) is 15.2. The molecule has 194 valence electrons. The second kappa shape index (κ2) is 10.3. The number of aliphatic hydroxyl groups is 1. The fourth-order valence-electron chi connectivity index (χ4n) is 5.24. The lowest BCUT2D eigenvalue weighted by atomic mass is 10.1. The SMILES string of the molecule is Cc1nc2cc(OC[C@H](O)CN3CCN(N(C=O)c4ccc5c(c4)-c4ccccc4C5=O)CC3)ccc2s1. The molecule has 6 rings (SSSR count). The normalized spacial score (nSPS) is 16.3. The third kappa shape index (κ3) is 4.69. The average Bonchev–Trinajstić information content (AvgIpc) is 3.45. The number of thiazole rings is 1. The monoisotopic (exact) mass is 528 g/mol. The van der Waals surface area contributed by atoms with Gasteiger partial charge in [-0.15, -0.1) is 11.3 Å². The van der Waals surface area contributed by atoms with Crippen LogP contribution in [0.3, 0.4) is 0 Å². The smallest absolute Gasteiger partial charge is 0.228 e. The van der Waals surface area contributed by atoms with Gasteiger partial charge in [0.25, 0.3) is 0 Å². The summed E-state index contributed by atoms with van der Waals surface area (Å²) >= 11 is 1.65. The number of anilines is 1. The Labute approximate surface area is 224 Å². The molecular weight excluding hydrogens is 500 g/mol. The van der Waals surface area contributed by atoms with Crippen LogP contribution in [-0.2, 0) is 4.79 Å². The highest BCUT2D eigenvalue weighted by molar-refractivity contribution is 7.18. The third-order valence-corrected chi connectivity index (χ3v) is 8.06.